The summed E-state index contributed by atoms with van der Waals surface area (Å²) in [5, 5.41) is 11.5. The zero-order valence-electron chi connectivity index (χ0n) is 19.3. The van der Waals surface area contributed by atoms with E-state index in [4.69, 9.17) is 4.74 Å². The molecule has 0 saturated heterocycles. The molecule has 0 amide bonds. The highest BCUT2D eigenvalue weighted by Gasteiger charge is 2.30. The Bertz CT molecular complexity index is 1470. The van der Waals surface area contributed by atoms with Crippen LogP contribution in [0.2, 0.25) is 0 Å². The summed E-state index contributed by atoms with van der Waals surface area (Å²) in [6, 6.07) is 7.60. The summed E-state index contributed by atoms with van der Waals surface area (Å²) in [5.74, 6) is -0.528. The maximum absolute atomic E-state index is 13.4. The van der Waals surface area contributed by atoms with E-state index in [1.165, 1.54) is 0 Å². The number of esters is 1. The minimum Gasteiger partial charge on any atom is -0.506 e. The lowest BCUT2D eigenvalue weighted by Crippen LogP contribution is -2.16. The van der Waals surface area contributed by atoms with Gasteiger partial charge in [-0.15, -0.1) is 0 Å². The fourth-order valence-electron chi connectivity index (χ4n) is 4.29. The number of rotatable bonds is 6. The molecule has 0 spiro atoms. The summed E-state index contributed by atoms with van der Waals surface area (Å²) in [6.07, 6.45) is 5.07. The van der Waals surface area contributed by atoms with Crippen LogP contribution in [0.4, 0.5) is 0 Å². The standard InChI is InChI=1S/C25H24BrN3O4S/c1-5-33-25(31)21-20-17(12-29-9-8-27-13-29)23(30)18(26)11-19(20)28(4)22(21)24(34-32)16-7-6-14(2)10-15(16)3/h6-11,13,30H,5,12H2,1-4H3. The lowest BCUT2D eigenvalue weighted by molar-refractivity contribution is 0.0528. The first-order valence-corrected chi connectivity index (χ1v) is 12.2. The van der Waals surface area contributed by atoms with Crippen molar-refractivity contribution in [1.82, 2.24) is 14.1 Å². The molecular formula is C25H24BrN3O4S. The lowest BCUT2D eigenvalue weighted by Gasteiger charge is -2.12. The smallest absolute Gasteiger partial charge is 0.341 e. The van der Waals surface area contributed by atoms with Crippen LogP contribution in [-0.2, 0) is 29.6 Å². The molecule has 2 aromatic heterocycles. The highest BCUT2D eigenvalue weighted by atomic mass is 79.9. The molecule has 0 aliphatic rings. The van der Waals surface area contributed by atoms with Crippen LogP contribution in [0.25, 0.3) is 10.9 Å². The van der Waals surface area contributed by atoms with Gasteiger partial charge in [0.1, 0.15) is 5.75 Å². The van der Waals surface area contributed by atoms with E-state index in [2.05, 4.69) is 20.9 Å². The van der Waals surface area contributed by atoms with E-state index in [1.807, 2.05) is 43.7 Å². The van der Waals surface area contributed by atoms with E-state index in [9.17, 15) is 14.1 Å². The summed E-state index contributed by atoms with van der Waals surface area (Å²) >= 11 is 3.79. The van der Waals surface area contributed by atoms with Crippen molar-refractivity contribution < 1.29 is 18.8 Å². The van der Waals surface area contributed by atoms with Gasteiger partial charge in [-0.05, 0) is 53.9 Å². The van der Waals surface area contributed by atoms with E-state index in [-0.39, 0.29) is 24.5 Å². The number of nitrogens with zero attached hydrogens (tertiary/aromatic N) is 3. The van der Waals surface area contributed by atoms with Crippen LogP contribution < -0.4 is 0 Å². The first kappa shape index (κ1) is 24.0. The number of hydrogen-bond acceptors (Lipinski definition) is 5. The molecule has 0 fully saturated rings. The van der Waals surface area contributed by atoms with Gasteiger partial charge in [-0.25, -0.2) is 14.0 Å². The SMILES string of the molecule is CCOC(=O)c1c(C(=S=O)c2ccc(C)cc2C)n(C)c2cc(Br)c(O)c(Cn3ccnc3)c12. The van der Waals surface area contributed by atoms with Crippen LogP contribution >= 0.6 is 15.9 Å². The maximum Gasteiger partial charge on any atom is 0.341 e. The maximum atomic E-state index is 13.4. The molecule has 1 N–H and O–H groups in total. The largest absolute Gasteiger partial charge is 0.506 e. The summed E-state index contributed by atoms with van der Waals surface area (Å²) in [7, 11) is 1.81. The Hall–Kier alpha value is -3.17. The Morgan fingerprint density at radius 1 is 1.26 bits per heavy atom. The molecule has 0 unspecified atom stereocenters. The summed E-state index contributed by atoms with van der Waals surface area (Å²) in [4.78, 5) is 17.9. The van der Waals surface area contributed by atoms with Crippen molar-refractivity contribution in [2.24, 2.45) is 7.05 Å². The Labute approximate surface area is 209 Å². The van der Waals surface area contributed by atoms with Gasteiger partial charge in [-0.1, -0.05) is 23.8 Å². The van der Waals surface area contributed by atoms with Gasteiger partial charge in [-0.2, -0.15) is 0 Å². The predicted molar refractivity (Wildman–Crippen MR) is 137 cm³/mol. The summed E-state index contributed by atoms with van der Waals surface area (Å²) in [5.41, 5.74) is 4.70. The fourth-order valence-corrected chi connectivity index (χ4v) is 5.39. The van der Waals surface area contributed by atoms with Gasteiger partial charge in [0, 0.05) is 30.4 Å². The lowest BCUT2D eigenvalue weighted by atomic mass is 9.97. The Morgan fingerprint density at radius 3 is 2.65 bits per heavy atom. The van der Waals surface area contributed by atoms with Gasteiger partial charge in [-0.3, -0.25) is 0 Å². The number of carbonyl (C=O) groups is 1. The molecule has 7 nitrogen and oxygen atoms in total. The van der Waals surface area contributed by atoms with Gasteiger partial charge in [0.05, 0.1) is 56.8 Å². The highest BCUT2D eigenvalue weighted by Crippen LogP contribution is 2.40. The van der Waals surface area contributed by atoms with Crippen LogP contribution in [0.1, 0.15) is 45.2 Å². The van der Waals surface area contributed by atoms with Crippen molar-refractivity contribution in [2.45, 2.75) is 27.3 Å². The van der Waals surface area contributed by atoms with Crippen molar-refractivity contribution in [1.29, 1.82) is 0 Å². The molecular weight excluding hydrogens is 518 g/mol. The average Bonchev–Trinajstić information content (AvgIpc) is 3.40. The minimum atomic E-state index is -0.548. The van der Waals surface area contributed by atoms with E-state index in [0.717, 1.165) is 16.7 Å². The second-order valence-corrected chi connectivity index (χ2v) is 9.48. The second kappa shape index (κ2) is 9.60. The molecule has 4 aromatic rings. The first-order valence-electron chi connectivity index (χ1n) is 10.7. The molecule has 4 rings (SSSR count). The highest BCUT2D eigenvalue weighted by molar-refractivity contribution is 9.10. The third-order valence-electron chi connectivity index (χ3n) is 5.82. The number of halogens is 1. The van der Waals surface area contributed by atoms with Crippen molar-refractivity contribution in [2.75, 3.05) is 6.61 Å². The van der Waals surface area contributed by atoms with Crippen molar-refractivity contribution in [3.63, 3.8) is 0 Å². The zero-order chi connectivity index (χ0) is 24.6. The molecule has 34 heavy (non-hydrogen) atoms. The van der Waals surface area contributed by atoms with Crippen LogP contribution in [0.3, 0.4) is 0 Å². The molecule has 2 heterocycles. The van der Waals surface area contributed by atoms with E-state index in [1.54, 1.807) is 36.3 Å². The topological polar surface area (TPSA) is 86.4 Å². The van der Waals surface area contributed by atoms with E-state index >= 15 is 0 Å². The normalized spacial score (nSPS) is 11.1. The van der Waals surface area contributed by atoms with Gasteiger partial charge in [0.25, 0.3) is 0 Å². The minimum absolute atomic E-state index is 0.0201. The number of imidazole rings is 1. The van der Waals surface area contributed by atoms with Gasteiger partial charge in [0.15, 0.2) is 0 Å². The number of phenolic OH excluding ortho intramolecular Hbond substituents is 1. The molecule has 0 radical (unpaired) electrons. The van der Waals surface area contributed by atoms with Gasteiger partial charge >= 0.3 is 5.97 Å². The molecule has 9 heteroatoms. The number of aromatic hydroxyl groups is 1. The van der Waals surface area contributed by atoms with Crippen LogP contribution in [-0.4, -0.2) is 40.9 Å². The summed E-state index contributed by atoms with van der Waals surface area (Å²) < 4.78 is 22.1. The van der Waals surface area contributed by atoms with Crippen LogP contribution in [0, 0.1) is 13.8 Å². The quantitative estimate of drug-likeness (QED) is 0.221. The average molecular weight is 542 g/mol. The van der Waals surface area contributed by atoms with Crippen molar-refractivity contribution >= 4 is 48.9 Å². The molecule has 0 saturated carbocycles. The summed E-state index contributed by atoms with van der Waals surface area (Å²) in [6.45, 7) is 6.13. The second-order valence-electron chi connectivity index (χ2n) is 8.05. The van der Waals surface area contributed by atoms with E-state index in [0.29, 0.717) is 42.8 Å². The molecule has 0 aliphatic carbocycles. The van der Waals surface area contributed by atoms with Crippen molar-refractivity contribution in [3.05, 3.63) is 81.0 Å². The number of hydrogen-bond donors (Lipinski definition) is 1. The molecule has 176 valence electrons. The predicted octanol–water partition coefficient (Wildman–Crippen LogP) is 4.47. The number of carbonyl (C=O) groups excluding carboxylic acids is 1. The first-order chi connectivity index (χ1) is 16.3. The third-order valence-corrected chi connectivity index (χ3v) is 7.01. The fraction of sp³-hybridized carbons (Fsp3) is 0.240. The van der Waals surface area contributed by atoms with Gasteiger partial charge in [0.2, 0.25) is 0 Å². The van der Waals surface area contributed by atoms with E-state index < -0.39 is 5.97 Å². The zero-order valence-corrected chi connectivity index (χ0v) is 21.7. The Morgan fingerprint density at radius 2 is 2.03 bits per heavy atom. The molecule has 0 bridgehead atoms. The Balaban J connectivity index is 2.12. The molecule has 0 atom stereocenters. The Kier molecular flexibility index (Phi) is 6.77. The number of aromatic nitrogens is 3. The number of aryl methyl sites for hydroxylation is 3. The number of benzene rings is 2. The van der Waals surface area contributed by atoms with Crippen LogP contribution in [0.15, 0.2) is 47.5 Å². The molecule has 0 aliphatic heterocycles. The van der Waals surface area contributed by atoms with Crippen molar-refractivity contribution in [3.8, 4) is 5.75 Å². The van der Waals surface area contributed by atoms with Gasteiger partial charge < -0.3 is 19.0 Å². The number of ether oxygens (including phenoxy) is 1. The monoisotopic (exact) mass is 541 g/mol. The molecule has 2 aromatic carbocycles. The third kappa shape index (κ3) is 4.10. The number of fused-ring (bicyclic) bond motifs is 1. The van der Waals surface area contributed by atoms with Crippen LogP contribution in [0.5, 0.6) is 5.75 Å². The number of phenols is 1.